The van der Waals surface area contributed by atoms with Crippen LogP contribution in [0.3, 0.4) is 0 Å². The van der Waals surface area contributed by atoms with E-state index in [-0.39, 0.29) is 0 Å². The summed E-state index contributed by atoms with van der Waals surface area (Å²) in [5.74, 6) is 0.667. The molecule has 1 aliphatic rings. The van der Waals surface area contributed by atoms with Crippen molar-refractivity contribution in [3.63, 3.8) is 0 Å². The summed E-state index contributed by atoms with van der Waals surface area (Å²) in [6, 6.07) is 0.521. The summed E-state index contributed by atoms with van der Waals surface area (Å²) >= 11 is 1.70. The van der Waals surface area contributed by atoms with Crippen LogP contribution in [0.1, 0.15) is 20.8 Å². The maximum absolute atomic E-state index is 7.60. The lowest BCUT2D eigenvalue weighted by Gasteiger charge is -2.21. The molecular weight excluding hydrogens is 156 g/mol. The lowest BCUT2D eigenvalue weighted by Crippen LogP contribution is -2.32. The largest absolute Gasteiger partial charge is 0.351 e. The predicted octanol–water partition coefficient (Wildman–Crippen LogP) is 2.01. The van der Waals surface area contributed by atoms with E-state index in [1.165, 1.54) is 0 Å². The summed E-state index contributed by atoms with van der Waals surface area (Å²) in [6.45, 7) is 6.64. The molecule has 0 spiro atoms. The van der Waals surface area contributed by atoms with E-state index in [1.807, 2.05) is 7.05 Å². The number of hydrogen-bond donors (Lipinski definition) is 1. The number of nitrogens with zero attached hydrogens (tertiary/aromatic N) is 1. The fourth-order valence-corrected chi connectivity index (χ4v) is 2.65. The molecule has 64 valence electrons. The van der Waals surface area contributed by atoms with Crippen LogP contribution in [0.5, 0.6) is 0 Å². The Kier molecular flexibility index (Phi) is 2.47. The zero-order valence-corrected chi connectivity index (χ0v) is 8.40. The molecule has 1 saturated heterocycles. The molecule has 1 aliphatic heterocycles. The van der Waals surface area contributed by atoms with Crippen LogP contribution in [-0.4, -0.2) is 28.4 Å². The van der Waals surface area contributed by atoms with Crippen LogP contribution in [0.15, 0.2) is 0 Å². The third-order valence-electron chi connectivity index (χ3n) is 2.31. The Balaban J connectivity index is 2.67. The molecule has 0 radical (unpaired) electrons. The highest BCUT2D eigenvalue weighted by Gasteiger charge is 2.34. The van der Waals surface area contributed by atoms with Crippen molar-refractivity contribution in [3.8, 4) is 0 Å². The predicted molar refractivity (Wildman–Crippen MR) is 51.2 cm³/mol. The SMILES string of the molecule is CC(C)C1SC(=N)N(C)C1C. The standard InChI is InChI=1S/C8H16N2S/c1-5(2)7-6(3)10(4)8(9)11-7/h5-7,9H,1-4H3. The van der Waals surface area contributed by atoms with E-state index in [4.69, 9.17) is 5.41 Å². The fraction of sp³-hybridized carbons (Fsp3) is 0.875. The van der Waals surface area contributed by atoms with Gasteiger partial charge in [-0.05, 0) is 12.8 Å². The second kappa shape index (κ2) is 3.05. The van der Waals surface area contributed by atoms with Gasteiger partial charge in [-0.25, -0.2) is 0 Å². The first kappa shape index (κ1) is 8.91. The Labute approximate surface area is 72.9 Å². The molecule has 1 fully saturated rings. The first-order chi connectivity index (χ1) is 5.04. The summed E-state index contributed by atoms with van der Waals surface area (Å²) in [5.41, 5.74) is 0. The highest BCUT2D eigenvalue weighted by atomic mass is 32.2. The van der Waals surface area contributed by atoms with Crippen LogP contribution in [0.2, 0.25) is 0 Å². The van der Waals surface area contributed by atoms with Crippen LogP contribution in [0, 0.1) is 11.3 Å². The summed E-state index contributed by atoms with van der Waals surface area (Å²) in [7, 11) is 2.00. The van der Waals surface area contributed by atoms with Gasteiger partial charge in [0.1, 0.15) is 0 Å². The van der Waals surface area contributed by atoms with E-state index in [9.17, 15) is 0 Å². The molecule has 1 N–H and O–H groups in total. The van der Waals surface area contributed by atoms with Gasteiger partial charge in [-0.1, -0.05) is 25.6 Å². The summed E-state index contributed by atoms with van der Waals surface area (Å²) < 4.78 is 0. The van der Waals surface area contributed by atoms with Crippen LogP contribution >= 0.6 is 11.8 Å². The molecule has 2 nitrogen and oxygen atoms in total. The quantitative estimate of drug-likeness (QED) is 0.655. The molecule has 11 heavy (non-hydrogen) atoms. The number of nitrogens with one attached hydrogen (secondary N) is 1. The highest BCUT2D eigenvalue weighted by Crippen LogP contribution is 2.33. The lowest BCUT2D eigenvalue weighted by molar-refractivity contribution is 0.362. The average Bonchev–Trinajstić information content (AvgIpc) is 2.17. The lowest BCUT2D eigenvalue weighted by atomic mass is 10.0. The normalized spacial score (nSPS) is 32.1. The van der Waals surface area contributed by atoms with E-state index in [0.717, 1.165) is 5.17 Å². The van der Waals surface area contributed by atoms with E-state index < -0.39 is 0 Å². The van der Waals surface area contributed by atoms with Crippen LogP contribution in [-0.2, 0) is 0 Å². The minimum absolute atomic E-state index is 0.521. The molecule has 0 bridgehead atoms. The third kappa shape index (κ3) is 1.53. The van der Waals surface area contributed by atoms with Gasteiger partial charge in [0.2, 0.25) is 0 Å². The zero-order chi connectivity index (χ0) is 8.59. The van der Waals surface area contributed by atoms with Gasteiger partial charge in [-0.2, -0.15) is 0 Å². The molecule has 1 heterocycles. The Morgan fingerprint density at radius 2 is 2.09 bits per heavy atom. The Bertz CT molecular complexity index is 167. The average molecular weight is 172 g/mol. The van der Waals surface area contributed by atoms with Crippen molar-refractivity contribution in [2.45, 2.75) is 32.1 Å². The zero-order valence-electron chi connectivity index (χ0n) is 7.59. The van der Waals surface area contributed by atoms with Crippen LogP contribution in [0.25, 0.3) is 0 Å². The van der Waals surface area contributed by atoms with Gasteiger partial charge in [0.05, 0.1) is 0 Å². The van der Waals surface area contributed by atoms with Gasteiger partial charge >= 0.3 is 0 Å². The number of amidine groups is 1. The Morgan fingerprint density at radius 1 is 1.55 bits per heavy atom. The minimum Gasteiger partial charge on any atom is -0.351 e. The molecule has 0 aromatic carbocycles. The van der Waals surface area contributed by atoms with Gasteiger partial charge in [0, 0.05) is 18.3 Å². The smallest absolute Gasteiger partial charge is 0.156 e. The molecule has 0 saturated carbocycles. The van der Waals surface area contributed by atoms with E-state index in [2.05, 4.69) is 25.7 Å². The van der Waals surface area contributed by atoms with Crippen LogP contribution < -0.4 is 0 Å². The molecule has 2 atom stereocenters. The van der Waals surface area contributed by atoms with E-state index in [1.54, 1.807) is 11.8 Å². The maximum Gasteiger partial charge on any atom is 0.156 e. The van der Waals surface area contributed by atoms with Gasteiger partial charge in [-0.3, -0.25) is 5.41 Å². The van der Waals surface area contributed by atoms with Crippen molar-refractivity contribution in [3.05, 3.63) is 0 Å². The Hall–Kier alpha value is -0.180. The molecule has 0 aliphatic carbocycles. The second-order valence-corrected chi connectivity index (χ2v) is 4.65. The third-order valence-corrected chi connectivity index (χ3v) is 4.03. The van der Waals surface area contributed by atoms with Crippen LogP contribution in [0.4, 0.5) is 0 Å². The number of thioether (sulfide) groups is 1. The molecule has 0 aromatic rings. The second-order valence-electron chi connectivity index (χ2n) is 3.48. The Morgan fingerprint density at radius 3 is 2.27 bits per heavy atom. The van der Waals surface area contributed by atoms with Crippen molar-refractivity contribution in [2.75, 3.05) is 7.05 Å². The van der Waals surface area contributed by atoms with E-state index >= 15 is 0 Å². The first-order valence-corrected chi connectivity index (χ1v) is 4.90. The number of rotatable bonds is 1. The maximum atomic E-state index is 7.60. The van der Waals surface area contributed by atoms with Crippen molar-refractivity contribution in [2.24, 2.45) is 5.92 Å². The van der Waals surface area contributed by atoms with E-state index in [0.29, 0.717) is 17.2 Å². The summed E-state index contributed by atoms with van der Waals surface area (Å²) in [6.07, 6.45) is 0. The van der Waals surface area contributed by atoms with Gasteiger partial charge in [-0.15, -0.1) is 0 Å². The van der Waals surface area contributed by atoms with Crippen molar-refractivity contribution >= 4 is 16.9 Å². The summed E-state index contributed by atoms with van der Waals surface area (Å²) in [5, 5.41) is 8.92. The minimum atomic E-state index is 0.521. The molecule has 1 rings (SSSR count). The van der Waals surface area contributed by atoms with Crippen molar-refractivity contribution in [1.82, 2.24) is 4.90 Å². The van der Waals surface area contributed by atoms with Crippen molar-refractivity contribution in [1.29, 1.82) is 5.41 Å². The molecule has 0 amide bonds. The molecule has 0 aromatic heterocycles. The van der Waals surface area contributed by atoms with Gasteiger partial charge in [0.15, 0.2) is 5.17 Å². The molecule has 3 heteroatoms. The van der Waals surface area contributed by atoms with Gasteiger partial charge in [0.25, 0.3) is 0 Å². The fourth-order valence-electron chi connectivity index (χ4n) is 1.41. The molecule has 2 unspecified atom stereocenters. The number of hydrogen-bond acceptors (Lipinski definition) is 2. The summed E-state index contributed by atoms with van der Waals surface area (Å²) in [4.78, 5) is 2.05. The monoisotopic (exact) mass is 172 g/mol. The highest BCUT2D eigenvalue weighted by molar-refractivity contribution is 8.14. The topological polar surface area (TPSA) is 27.1 Å². The molecular formula is C8H16N2S. The van der Waals surface area contributed by atoms with Gasteiger partial charge < -0.3 is 4.90 Å². The van der Waals surface area contributed by atoms with Crippen molar-refractivity contribution < 1.29 is 0 Å². The first-order valence-electron chi connectivity index (χ1n) is 4.02.